The van der Waals surface area contributed by atoms with Crippen molar-refractivity contribution >= 4 is 0 Å². The second kappa shape index (κ2) is 5.89. The first-order chi connectivity index (χ1) is 8.52. The number of nitrogens with one attached hydrogen (secondary N) is 1. The maximum atomic E-state index is 5.85. The molecule has 0 amide bonds. The number of nitrogens with zero attached hydrogens (tertiary/aromatic N) is 1. The molecule has 0 aromatic rings. The number of morpholine rings is 1. The van der Waals surface area contributed by atoms with Crippen LogP contribution in [0.5, 0.6) is 0 Å². The van der Waals surface area contributed by atoms with Gasteiger partial charge >= 0.3 is 0 Å². The Morgan fingerprint density at radius 2 is 2.11 bits per heavy atom. The van der Waals surface area contributed by atoms with Crippen LogP contribution in [0, 0.1) is 5.92 Å². The Morgan fingerprint density at radius 3 is 2.78 bits per heavy atom. The van der Waals surface area contributed by atoms with Gasteiger partial charge in [-0.3, -0.25) is 4.90 Å². The summed E-state index contributed by atoms with van der Waals surface area (Å²) in [4.78, 5) is 2.67. The van der Waals surface area contributed by atoms with Crippen LogP contribution >= 0.6 is 0 Å². The fourth-order valence-corrected chi connectivity index (χ4v) is 3.59. The Balaban J connectivity index is 2.02. The van der Waals surface area contributed by atoms with E-state index in [-0.39, 0.29) is 5.60 Å². The van der Waals surface area contributed by atoms with Crippen molar-refractivity contribution in [2.45, 2.75) is 64.6 Å². The molecule has 3 atom stereocenters. The lowest BCUT2D eigenvalue weighted by Gasteiger charge is -2.47. The molecule has 1 saturated heterocycles. The number of hydrogen-bond acceptors (Lipinski definition) is 3. The van der Waals surface area contributed by atoms with Crippen molar-refractivity contribution in [1.82, 2.24) is 10.2 Å². The van der Waals surface area contributed by atoms with Crippen molar-refractivity contribution < 1.29 is 4.74 Å². The highest BCUT2D eigenvalue weighted by atomic mass is 16.5. The van der Waals surface area contributed by atoms with Gasteiger partial charge in [0, 0.05) is 25.2 Å². The van der Waals surface area contributed by atoms with Gasteiger partial charge in [-0.2, -0.15) is 0 Å². The Bertz CT molecular complexity index is 267. The van der Waals surface area contributed by atoms with Crippen LogP contribution in [-0.4, -0.2) is 48.8 Å². The summed E-state index contributed by atoms with van der Waals surface area (Å²) in [6.07, 6.45) is 4.05. The van der Waals surface area contributed by atoms with Gasteiger partial charge in [0.15, 0.2) is 0 Å². The van der Waals surface area contributed by atoms with Crippen molar-refractivity contribution in [3.05, 3.63) is 0 Å². The maximum Gasteiger partial charge on any atom is 0.0753 e. The quantitative estimate of drug-likeness (QED) is 0.836. The van der Waals surface area contributed by atoms with E-state index in [1.165, 1.54) is 19.3 Å². The Kier molecular flexibility index (Phi) is 4.68. The molecule has 1 heterocycles. The molecule has 1 aliphatic heterocycles. The molecule has 0 radical (unpaired) electrons. The van der Waals surface area contributed by atoms with Crippen molar-refractivity contribution in [3.8, 4) is 0 Å². The number of hydrogen-bond donors (Lipinski definition) is 1. The van der Waals surface area contributed by atoms with Crippen molar-refractivity contribution in [3.63, 3.8) is 0 Å². The minimum absolute atomic E-state index is 0.0235. The smallest absolute Gasteiger partial charge is 0.0753 e. The summed E-state index contributed by atoms with van der Waals surface area (Å²) in [5.41, 5.74) is 0.0235. The molecule has 1 N–H and O–H groups in total. The van der Waals surface area contributed by atoms with E-state index in [1.807, 2.05) is 0 Å². The standard InChI is InChI=1S/C15H30N2O/c1-5-16-13-7-6-12(2)10-14(13)17-8-9-18-15(3,4)11-17/h12-14,16H,5-11H2,1-4H3. The van der Waals surface area contributed by atoms with Crippen molar-refractivity contribution in [1.29, 1.82) is 0 Å². The molecule has 3 nitrogen and oxygen atoms in total. The molecule has 1 saturated carbocycles. The third kappa shape index (κ3) is 3.46. The average Bonchev–Trinajstić information content (AvgIpc) is 2.30. The van der Waals surface area contributed by atoms with E-state index < -0.39 is 0 Å². The molecule has 0 spiro atoms. The molecule has 3 heteroatoms. The largest absolute Gasteiger partial charge is 0.373 e. The van der Waals surface area contributed by atoms with E-state index in [2.05, 4.69) is 37.9 Å². The first-order valence-electron chi connectivity index (χ1n) is 7.63. The monoisotopic (exact) mass is 254 g/mol. The lowest BCUT2D eigenvalue weighted by atomic mass is 9.82. The highest BCUT2D eigenvalue weighted by Gasteiger charge is 2.37. The first-order valence-corrected chi connectivity index (χ1v) is 7.63. The van der Waals surface area contributed by atoms with Crippen LogP contribution in [-0.2, 0) is 4.74 Å². The summed E-state index contributed by atoms with van der Waals surface area (Å²) in [5, 5.41) is 3.70. The molecule has 0 aromatic heterocycles. The van der Waals surface area contributed by atoms with Crippen molar-refractivity contribution in [2.24, 2.45) is 5.92 Å². The second-order valence-corrected chi connectivity index (χ2v) is 6.73. The van der Waals surface area contributed by atoms with Gasteiger partial charge in [-0.1, -0.05) is 13.8 Å². The maximum absolute atomic E-state index is 5.85. The van der Waals surface area contributed by atoms with Gasteiger partial charge < -0.3 is 10.1 Å². The number of ether oxygens (including phenoxy) is 1. The Labute approximate surface area is 112 Å². The summed E-state index contributed by atoms with van der Waals surface area (Å²) < 4.78 is 5.85. The van der Waals surface area contributed by atoms with Gasteiger partial charge in [0.25, 0.3) is 0 Å². The van der Waals surface area contributed by atoms with Gasteiger partial charge in [0.05, 0.1) is 12.2 Å². The fourth-order valence-electron chi connectivity index (χ4n) is 3.59. The molecule has 0 bridgehead atoms. The minimum atomic E-state index is 0.0235. The Hall–Kier alpha value is -0.120. The molecule has 3 unspecified atom stereocenters. The zero-order chi connectivity index (χ0) is 13.2. The van der Waals surface area contributed by atoms with Crippen molar-refractivity contribution in [2.75, 3.05) is 26.2 Å². The van der Waals surface area contributed by atoms with Gasteiger partial charge in [0.1, 0.15) is 0 Å². The molecule has 18 heavy (non-hydrogen) atoms. The fraction of sp³-hybridized carbons (Fsp3) is 1.00. The van der Waals surface area contributed by atoms with Crippen LogP contribution in [0.25, 0.3) is 0 Å². The van der Waals surface area contributed by atoms with E-state index in [1.54, 1.807) is 0 Å². The van der Waals surface area contributed by atoms with Crippen LogP contribution in [0.1, 0.15) is 47.0 Å². The predicted molar refractivity (Wildman–Crippen MR) is 75.9 cm³/mol. The number of rotatable bonds is 3. The third-order valence-corrected chi connectivity index (χ3v) is 4.47. The normalized spacial score (nSPS) is 37.7. The predicted octanol–water partition coefficient (Wildman–Crippen LogP) is 2.26. The van der Waals surface area contributed by atoms with Gasteiger partial charge in [-0.15, -0.1) is 0 Å². The van der Waals surface area contributed by atoms with Crippen LogP contribution in [0.2, 0.25) is 0 Å². The summed E-state index contributed by atoms with van der Waals surface area (Å²) >= 11 is 0. The molecule has 106 valence electrons. The van der Waals surface area contributed by atoms with Crippen LogP contribution in [0.4, 0.5) is 0 Å². The summed E-state index contributed by atoms with van der Waals surface area (Å²) in [7, 11) is 0. The lowest BCUT2D eigenvalue weighted by molar-refractivity contribution is -0.105. The first kappa shape index (κ1) is 14.3. The average molecular weight is 254 g/mol. The summed E-state index contributed by atoms with van der Waals surface area (Å²) in [6.45, 7) is 13.2. The van der Waals surface area contributed by atoms with Gasteiger partial charge in [-0.05, 0) is 45.6 Å². The third-order valence-electron chi connectivity index (χ3n) is 4.47. The summed E-state index contributed by atoms with van der Waals surface area (Å²) in [6, 6.07) is 1.39. The van der Waals surface area contributed by atoms with Crippen LogP contribution in [0.15, 0.2) is 0 Å². The second-order valence-electron chi connectivity index (χ2n) is 6.73. The molecule has 2 fully saturated rings. The topological polar surface area (TPSA) is 24.5 Å². The molecule has 2 rings (SSSR count). The number of likely N-dealkylation sites (N-methyl/N-ethyl adjacent to an activating group) is 1. The Morgan fingerprint density at radius 1 is 1.33 bits per heavy atom. The van der Waals surface area contributed by atoms with E-state index in [0.29, 0.717) is 12.1 Å². The van der Waals surface area contributed by atoms with E-state index >= 15 is 0 Å². The SMILES string of the molecule is CCNC1CCC(C)CC1N1CCOC(C)(C)C1. The van der Waals surface area contributed by atoms with E-state index in [9.17, 15) is 0 Å². The van der Waals surface area contributed by atoms with Gasteiger partial charge in [-0.25, -0.2) is 0 Å². The van der Waals surface area contributed by atoms with Gasteiger partial charge in [0.2, 0.25) is 0 Å². The van der Waals surface area contributed by atoms with Crippen LogP contribution < -0.4 is 5.32 Å². The van der Waals surface area contributed by atoms with E-state index in [4.69, 9.17) is 4.74 Å². The molecule has 1 aliphatic carbocycles. The van der Waals surface area contributed by atoms with Crippen LogP contribution in [0.3, 0.4) is 0 Å². The molecule has 2 aliphatic rings. The molecular weight excluding hydrogens is 224 g/mol. The zero-order valence-electron chi connectivity index (χ0n) is 12.5. The zero-order valence-corrected chi connectivity index (χ0v) is 12.5. The lowest BCUT2D eigenvalue weighted by Crippen LogP contribution is -2.59. The highest BCUT2D eigenvalue weighted by Crippen LogP contribution is 2.30. The van der Waals surface area contributed by atoms with E-state index in [0.717, 1.165) is 32.2 Å². The highest BCUT2D eigenvalue weighted by molar-refractivity contribution is 4.93. The molecular formula is C15H30N2O. The minimum Gasteiger partial charge on any atom is -0.373 e. The molecule has 0 aromatic carbocycles. The summed E-state index contributed by atoms with van der Waals surface area (Å²) in [5.74, 6) is 0.871.